The maximum Gasteiger partial charge on any atom is 0.241 e. The average Bonchev–Trinajstić information content (AvgIpc) is 2.89. The van der Waals surface area contributed by atoms with Gasteiger partial charge < -0.3 is 15.5 Å². The number of hydrogen-bond donors (Lipinski definition) is 3. The number of benzene rings is 1. The molecule has 1 heterocycles. The van der Waals surface area contributed by atoms with Crippen LogP contribution < -0.4 is 15.2 Å². The number of sulfonamides is 1. The number of rotatable bonds is 5. The van der Waals surface area contributed by atoms with Crippen molar-refractivity contribution in [3.8, 4) is 5.75 Å². The van der Waals surface area contributed by atoms with E-state index in [2.05, 4.69) is 14.7 Å². The third-order valence-electron chi connectivity index (χ3n) is 2.52. The zero-order valence-corrected chi connectivity index (χ0v) is 11.1. The topological polar surface area (TPSA) is 110 Å². The Labute approximate surface area is 110 Å². The first kappa shape index (κ1) is 13.4. The molecule has 1 aromatic carbocycles. The first-order valence-electron chi connectivity index (χ1n) is 5.43. The van der Waals surface area contributed by atoms with E-state index in [1.807, 2.05) is 0 Å². The molecule has 0 saturated heterocycles. The summed E-state index contributed by atoms with van der Waals surface area (Å²) >= 11 is 0. The summed E-state index contributed by atoms with van der Waals surface area (Å²) in [5.74, 6) is 0.438. The van der Waals surface area contributed by atoms with E-state index in [1.54, 1.807) is 6.20 Å². The highest BCUT2D eigenvalue weighted by Gasteiger charge is 2.15. The summed E-state index contributed by atoms with van der Waals surface area (Å²) in [6, 6.07) is 4.30. The lowest BCUT2D eigenvalue weighted by molar-refractivity contribution is 0.416. The molecule has 19 heavy (non-hydrogen) atoms. The third-order valence-corrected chi connectivity index (χ3v) is 3.92. The number of aromatic amines is 1. The number of nitrogens with zero attached hydrogens (tertiary/aromatic N) is 1. The molecular weight excluding hydrogens is 268 g/mol. The minimum atomic E-state index is -3.62. The van der Waals surface area contributed by atoms with Gasteiger partial charge in [-0.15, -0.1) is 0 Å². The Kier molecular flexibility index (Phi) is 3.72. The van der Waals surface area contributed by atoms with Crippen LogP contribution in [-0.2, 0) is 16.6 Å². The van der Waals surface area contributed by atoms with Crippen LogP contribution in [-0.4, -0.2) is 25.5 Å². The highest BCUT2D eigenvalue weighted by molar-refractivity contribution is 7.89. The van der Waals surface area contributed by atoms with Crippen LogP contribution in [0.25, 0.3) is 0 Å². The molecule has 0 aliphatic heterocycles. The smallest absolute Gasteiger partial charge is 0.241 e. The van der Waals surface area contributed by atoms with Crippen molar-refractivity contribution in [1.82, 2.24) is 14.7 Å². The second kappa shape index (κ2) is 5.29. The first-order chi connectivity index (χ1) is 9.03. The number of ether oxygens (including phenoxy) is 1. The Bertz CT molecular complexity index is 653. The van der Waals surface area contributed by atoms with Crippen molar-refractivity contribution in [2.45, 2.75) is 11.4 Å². The van der Waals surface area contributed by atoms with Crippen molar-refractivity contribution in [2.75, 3.05) is 12.8 Å². The first-order valence-corrected chi connectivity index (χ1v) is 6.91. The van der Waals surface area contributed by atoms with Crippen LogP contribution in [0.2, 0.25) is 0 Å². The summed E-state index contributed by atoms with van der Waals surface area (Å²) in [4.78, 5) is 6.70. The van der Waals surface area contributed by atoms with Gasteiger partial charge in [-0.1, -0.05) is 0 Å². The summed E-state index contributed by atoms with van der Waals surface area (Å²) in [6.45, 7) is 0.133. The highest BCUT2D eigenvalue weighted by Crippen LogP contribution is 2.24. The minimum absolute atomic E-state index is 0.0883. The van der Waals surface area contributed by atoms with Gasteiger partial charge in [-0.3, -0.25) is 0 Å². The maximum atomic E-state index is 12.0. The van der Waals surface area contributed by atoms with E-state index in [1.165, 1.54) is 31.6 Å². The number of imidazole rings is 1. The number of nitrogen functional groups attached to an aromatic ring is 1. The van der Waals surface area contributed by atoms with Gasteiger partial charge in [0.05, 0.1) is 30.6 Å². The Hall–Kier alpha value is -2.06. The summed E-state index contributed by atoms with van der Waals surface area (Å²) in [6.07, 6.45) is 3.03. The molecule has 0 unspecified atom stereocenters. The number of hydrogen-bond acceptors (Lipinski definition) is 5. The van der Waals surface area contributed by atoms with Gasteiger partial charge in [0.15, 0.2) is 0 Å². The molecule has 0 bridgehead atoms. The Morgan fingerprint density at radius 3 is 2.84 bits per heavy atom. The lowest BCUT2D eigenvalue weighted by Gasteiger charge is -2.08. The third kappa shape index (κ3) is 3.04. The molecule has 0 spiro atoms. The normalized spacial score (nSPS) is 11.4. The van der Waals surface area contributed by atoms with Crippen LogP contribution in [0.5, 0.6) is 5.75 Å². The lowest BCUT2D eigenvalue weighted by atomic mass is 10.3. The average molecular weight is 282 g/mol. The molecule has 7 nitrogen and oxygen atoms in total. The molecule has 2 aromatic rings. The van der Waals surface area contributed by atoms with E-state index in [-0.39, 0.29) is 17.1 Å². The quantitative estimate of drug-likeness (QED) is 0.691. The van der Waals surface area contributed by atoms with Crippen LogP contribution in [0.4, 0.5) is 5.69 Å². The fourth-order valence-electron chi connectivity index (χ4n) is 1.52. The monoisotopic (exact) mass is 282 g/mol. The SMILES string of the molecule is COc1ccc(S(=O)(=O)NCc2cnc[nH]2)cc1N. The number of nitrogens with one attached hydrogen (secondary N) is 2. The fraction of sp³-hybridized carbons (Fsp3) is 0.182. The van der Waals surface area contributed by atoms with Gasteiger partial charge in [-0.25, -0.2) is 18.1 Å². The summed E-state index contributed by atoms with van der Waals surface area (Å²) in [5.41, 5.74) is 6.63. The molecule has 8 heteroatoms. The Morgan fingerprint density at radius 1 is 1.47 bits per heavy atom. The predicted octanol–water partition coefficient (Wildman–Crippen LogP) is 0.479. The molecule has 2 rings (SSSR count). The molecule has 0 radical (unpaired) electrons. The van der Waals surface area contributed by atoms with E-state index in [0.29, 0.717) is 11.4 Å². The molecule has 1 aromatic heterocycles. The molecule has 0 atom stereocenters. The molecular formula is C11H14N4O3S. The van der Waals surface area contributed by atoms with Crippen molar-refractivity contribution in [1.29, 1.82) is 0 Å². The maximum absolute atomic E-state index is 12.0. The van der Waals surface area contributed by atoms with Crippen LogP contribution in [0.15, 0.2) is 35.6 Å². The molecule has 0 fully saturated rings. The number of anilines is 1. The zero-order valence-electron chi connectivity index (χ0n) is 10.3. The number of methoxy groups -OCH3 is 1. The van der Waals surface area contributed by atoms with E-state index >= 15 is 0 Å². The lowest BCUT2D eigenvalue weighted by Crippen LogP contribution is -2.23. The van der Waals surface area contributed by atoms with Crippen molar-refractivity contribution in [2.24, 2.45) is 0 Å². The van der Waals surface area contributed by atoms with E-state index in [0.717, 1.165) is 0 Å². The molecule has 4 N–H and O–H groups in total. The summed E-state index contributed by atoms with van der Waals surface area (Å²) in [5, 5.41) is 0. The molecule has 0 saturated carbocycles. The second-order valence-corrected chi connectivity index (χ2v) is 5.57. The van der Waals surface area contributed by atoms with Crippen LogP contribution in [0.1, 0.15) is 5.69 Å². The van der Waals surface area contributed by atoms with Crippen LogP contribution in [0.3, 0.4) is 0 Å². The van der Waals surface area contributed by atoms with Gasteiger partial charge in [0.1, 0.15) is 5.75 Å². The van der Waals surface area contributed by atoms with Crippen molar-refractivity contribution in [3.05, 3.63) is 36.4 Å². The minimum Gasteiger partial charge on any atom is -0.495 e. The largest absolute Gasteiger partial charge is 0.495 e. The number of aromatic nitrogens is 2. The van der Waals surface area contributed by atoms with Gasteiger partial charge in [0, 0.05) is 11.9 Å². The zero-order chi connectivity index (χ0) is 13.9. The van der Waals surface area contributed by atoms with Gasteiger partial charge in [0.25, 0.3) is 0 Å². The van der Waals surface area contributed by atoms with Crippen molar-refractivity contribution < 1.29 is 13.2 Å². The molecule has 0 amide bonds. The standard InChI is InChI=1S/C11H14N4O3S/c1-18-11-3-2-9(4-10(11)12)19(16,17)15-6-8-5-13-7-14-8/h2-5,7,15H,6,12H2,1H3,(H,13,14). The van der Waals surface area contributed by atoms with Crippen molar-refractivity contribution >= 4 is 15.7 Å². The van der Waals surface area contributed by atoms with Gasteiger partial charge in [-0.2, -0.15) is 0 Å². The van der Waals surface area contributed by atoms with E-state index in [4.69, 9.17) is 10.5 Å². The van der Waals surface area contributed by atoms with Gasteiger partial charge in [0.2, 0.25) is 10.0 Å². The molecule has 0 aliphatic rings. The Morgan fingerprint density at radius 2 is 2.26 bits per heavy atom. The number of nitrogens with two attached hydrogens (primary N) is 1. The van der Waals surface area contributed by atoms with E-state index < -0.39 is 10.0 Å². The van der Waals surface area contributed by atoms with Crippen molar-refractivity contribution in [3.63, 3.8) is 0 Å². The Balaban J connectivity index is 2.17. The second-order valence-electron chi connectivity index (χ2n) is 3.81. The highest BCUT2D eigenvalue weighted by atomic mass is 32.2. The summed E-state index contributed by atoms with van der Waals surface area (Å²) < 4.78 is 31.5. The summed E-state index contributed by atoms with van der Waals surface area (Å²) in [7, 11) is -2.15. The van der Waals surface area contributed by atoms with Gasteiger partial charge >= 0.3 is 0 Å². The predicted molar refractivity (Wildman–Crippen MR) is 70.0 cm³/mol. The molecule has 0 aliphatic carbocycles. The van der Waals surface area contributed by atoms with Gasteiger partial charge in [-0.05, 0) is 18.2 Å². The number of H-pyrrole nitrogens is 1. The van der Waals surface area contributed by atoms with Crippen LogP contribution in [0, 0.1) is 0 Å². The van der Waals surface area contributed by atoms with E-state index in [9.17, 15) is 8.42 Å². The molecule has 102 valence electrons. The fourth-order valence-corrected chi connectivity index (χ4v) is 2.56. The van der Waals surface area contributed by atoms with Crippen LogP contribution >= 0.6 is 0 Å².